The molecule has 196 valence electrons. The van der Waals surface area contributed by atoms with E-state index >= 15 is 0 Å². The molecule has 3 atom stereocenters. The van der Waals surface area contributed by atoms with Gasteiger partial charge in [0, 0.05) is 30.1 Å². The highest BCUT2D eigenvalue weighted by molar-refractivity contribution is 6.01. The molecule has 2 aliphatic rings. The lowest BCUT2D eigenvalue weighted by atomic mass is 10.1. The number of rotatable bonds is 8. The number of carbonyl (C=O) groups excluding carboxylic acids is 4. The second-order valence-electron chi connectivity index (χ2n) is 9.62. The van der Waals surface area contributed by atoms with Gasteiger partial charge in [-0.1, -0.05) is 31.5 Å². The second-order valence-corrected chi connectivity index (χ2v) is 9.62. The average Bonchev–Trinajstić information content (AvgIpc) is 3.68. The Hall–Kier alpha value is -4.34. The van der Waals surface area contributed by atoms with Gasteiger partial charge in [0.05, 0.1) is 25.2 Å². The predicted octanol–water partition coefficient (Wildman–Crippen LogP) is 2.26. The van der Waals surface area contributed by atoms with Gasteiger partial charge in [0.25, 0.3) is 5.91 Å². The first-order valence-electron chi connectivity index (χ1n) is 12.8. The number of carbonyl (C=O) groups is 4. The summed E-state index contributed by atoms with van der Waals surface area (Å²) in [5.41, 5.74) is 1.97. The van der Waals surface area contributed by atoms with Gasteiger partial charge in [-0.2, -0.15) is 0 Å². The van der Waals surface area contributed by atoms with Crippen molar-refractivity contribution in [1.29, 1.82) is 0 Å². The molecule has 3 amide bonds. The van der Waals surface area contributed by atoms with E-state index < -0.39 is 12.1 Å². The molecule has 3 aromatic rings. The van der Waals surface area contributed by atoms with E-state index in [1.165, 1.54) is 6.39 Å². The van der Waals surface area contributed by atoms with Gasteiger partial charge in [0.1, 0.15) is 12.1 Å². The van der Waals surface area contributed by atoms with Crippen molar-refractivity contribution >= 4 is 23.5 Å². The molecular weight excluding hydrogens is 486 g/mol. The fraction of sp³-hybridized carbons (Fsp3) is 0.357. The van der Waals surface area contributed by atoms with Crippen LogP contribution < -0.4 is 5.32 Å². The molecule has 0 radical (unpaired) electrons. The standard InChI is InChI=1S/C28H29N5O5/c1-2-4-21(31-27(36)20-8-6-19(7-9-20)24-15-30-17-38-24)28(37)32-12-10-22-26(32)23(34)16-33(22)25(35)13-18-5-3-11-29-14-18/h3,5-9,11,14-15,17,21-22,26H,2,4,10,12-13,16H2,1H3,(H,31,36). The van der Waals surface area contributed by atoms with Crippen molar-refractivity contribution < 1.29 is 23.6 Å². The average molecular weight is 516 g/mol. The summed E-state index contributed by atoms with van der Waals surface area (Å²) in [5.74, 6) is -0.373. The first kappa shape index (κ1) is 25.3. The van der Waals surface area contributed by atoms with Gasteiger partial charge in [0.15, 0.2) is 17.9 Å². The maximum Gasteiger partial charge on any atom is 0.251 e. The molecule has 0 aliphatic carbocycles. The number of nitrogens with one attached hydrogen (secondary N) is 1. The minimum absolute atomic E-state index is 0.0133. The van der Waals surface area contributed by atoms with Crippen LogP contribution in [0.4, 0.5) is 0 Å². The number of hydrogen-bond acceptors (Lipinski definition) is 7. The quantitative estimate of drug-likeness (QED) is 0.488. The third-order valence-corrected chi connectivity index (χ3v) is 7.15. The maximum absolute atomic E-state index is 13.6. The van der Waals surface area contributed by atoms with Crippen LogP contribution in [0.2, 0.25) is 0 Å². The third kappa shape index (κ3) is 5.06. The van der Waals surface area contributed by atoms with E-state index in [4.69, 9.17) is 4.42 Å². The monoisotopic (exact) mass is 515 g/mol. The van der Waals surface area contributed by atoms with E-state index in [-0.39, 0.29) is 42.5 Å². The van der Waals surface area contributed by atoms with Gasteiger partial charge < -0.3 is 19.5 Å². The van der Waals surface area contributed by atoms with E-state index in [1.807, 2.05) is 13.0 Å². The molecule has 1 N–H and O–H groups in total. The molecule has 2 aliphatic heterocycles. The molecule has 10 nitrogen and oxygen atoms in total. The number of ketones is 1. The van der Waals surface area contributed by atoms with E-state index in [9.17, 15) is 19.2 Å². The van der Waals surface area contributed by atoms with Crippen molar-refractivity contribution in [2.75, 3.05) is 13.1 Å². The Bertz CT molecular complexity index is 1310. The van der Waals surface area contributed by atoms with Crippen LogP contribution in [0.1, 0.15) is 42.1 Å². The number of likely N-dealkylation sites (tertiary alicyclic amines) is 2. The lowest BCUT2D eigenvalue weighted by Gasteiger charge is -2.28. The van der Waals surface area contributed by atoms with Crippen LogP contribution in [0.5, 0.6) is 0 Å². The summed E-state index contributed by atoms with van der Waals surface area (Å²) < 4.78 is 5.28. The minimum atomic E-state index is -0.770. The van der Waals surface area contributed by atoms with E-state index in [0.717, 1.165) is 11.1 Å². The van der Waals surface area contributed by atoms with Crippen molar-refractivity contribution in [1.82, 2.24) is 25.1 Å². The number of Topliss-reactive ketones (excluding diaryl/α,β-unsaturated/α-hetero) is 1. The molecule has 4 heterocycles. The number of hydrogen-bond donors (Lipinski definition) is 1. The first-order chi connectivity index (χ1) is 18.5. The largest absolute Gasteiger partial charge is 0.444 e. The van der Waals surface area contributed by atoms with Crippen molar-refractivity contribution in [3.05, 3.63) is 72.5 Å². The van der Waals surface area contributed by atoms with E-state index in [1.54, 1.807) is 58.7 Å². The summed E-state index contributed by atoms with van der Waals surface area (Å²) >= 11 is 0. The maximum atomic E-state index is 13.6. The molecule has 0 spiro atoms. The summed E-state index contributed by atoms with van der Waals surface area (Å²) in [7, 11) is 0. The lowest BCUT2D eigenvalue weighted by Crippen LogP contribution is -2.52. The van der Waals surface area contributed by atoms with Gasteiger partial charge in [-0.25, -0.2) is 4.98 Å². The van der Waals surface area contributed by atoms with E-state index in [0.29, 0.717) is 37.1 Å². The normalized spacial score (nSPS) is 19.3. The van der Waals surface area contributed by atoms with Gasteiger partial charge in [-0.3, -0.25) is 24.2 Å². The van der Waals surface area contributed by atoms with Crippen LogP contribution in [0.3, 0.4) is 0 Å². The third-order valence-electron chi connectivity index (χ3n) is 7.15. The van der Waals surface area contributed by atoms with Crippen molar-refractivity contribution in [3.8, 4) is 11.3 Å². The minimum Gasteiger partial charge on any atom is -0.444 e. The molecular formula is C28H29N5O5. The number of benzene rings is 1. The smallest absolute Gasteiger partial charge is 0.251 e. The number of amides is 3. The molecule has 2 saturated heterocycles. The topological polar surface area (TPSA) is 126 Å². The van der Waals surface area contributed by atoms with Crippen LogP contribution in [-0.2, 0) is 20.8 Å². The zero-order valence-electron chi connectivity index (χ0n) is 21.1. The zero-order valence-corrected chi connectivity index (χ0v) is 21.1. The highest BCUT2D eigenvalue weighted by atomic mass is 16.3. The van der Waals surface area contributed by atoms with Crippen molar-refractivity contribution in [2.45, 2.75) is 50.7 Å². The SMILES string of the molecule is CCCC(NC(=O)c1ccc(-c2cnco2)cc1)C(=O)N1CCC2C1C(=O)CN2C(=O)Cc1cccnc1. The van der Waals surface area contributed by atoms with Crippen LogP contribution in [-0.4, -0.2) is 74.5 Å². The highest BCUT2D eigenvalue weighted by Crippen LogP contribution is 2.31. The lowest BCUT2D eigenvalue weighted by molar-refractivity contribution is -0.138. The Labute approximate surface area is 220 Å². The zero-order chi connectivity index (χ0) is 26.6. The molecule has 3 unspecified atom stereocenters. The van der Waals surface area contributed by atoms with E-state index in [2.05, 4.69) is 15.3 Å². The molecule has 5 rings (SSSR count). The summed E-state index contributed by atoms with van der Waals surface area (Å²) in [5, 5.41) is 2.86. The number of fused-ring (bicyclic) bond motifs is 1. The molecule has 10 heteroatoms. The molecule has 2 fully saturated rings. The Morgan fingerprint density at radius 1 is 1.11 bits per heavy atom. The summed E-state index contributed by atoms with van der Waals surface area (Å²) in [6.45, 7) is 2.28. The molecule has 38 heavy (non-hydrogen) atoms. The first-order valence-corrected chi connectivity index (χ1v) is 12.8. The second kappa shape index (κ2) is 11.0. The Morgan fingerprint density at radius 3 is 2.61 bits per heavy atom. The summed E-state index contributed by atoms with van der Waals surface area (Å²) in [6, 6.07) is 8.63. The molecule has 2 aromatic heterocycles. The van der Waals surface area contributed by atoms with Gasteiger partial charge in [-0.05, 0) is 36.6 Å². The highest BCUT2D eigenvalue weighted by Gasteiger charge is 2.52. The molecule has 1 aromatic carbocycles. The number of pyridine rings is 1. The predicted molar refractivity (Wildman–Crippen MR) is 137 cm³/mol. The van der Waals surface area contributed by atoms with Crippen LogP contribution in [0, 0.1) is 0 Å². The van der Waals surface area contributed by atoms with Gasteiger partial charge in [-0.15, -0.1) is 0 Å². The van der Waals surface area contributed by atoms with Crippen LogP contribution in [0.15, 0.2) is 65.8 Å². The molecule has 0 bridgehead atoms. The Kier molecular flexibility index (Phi) is 7.30. The number of oxazole rings is 1. The summed E-state index contributed by atoms with van der Waals surface area (Å²) in [4.78, 5) is 63.7. The number of nitrogens with zero attached hydrogens (tertiary/aromatic N) is 4. The van der Waals surface area contributed by atoms with Crippen molar-refractivity contribution in [2.24, 2.45) is 0 Å². The summed E-state index contributed by atoms with van der Waals surface area (Å²) in [6.07, 6.45) is 8.00. The Morgan fingerprint density at radius 2 is 1.92 bits per heavy atom. The van der Waals surface area contributed by atoms with Gasteiger partial charge in [0.2, 0.25) is 11.8 Å². The fourth-order valence-corrected chi connectivity index (χ4v) is 5.30. The fourth-order valence-electron chi connectivity index (χ4n) is 5.30. The van der Waals surface area contributed by atoms with Crippen molar-refractivity contribution in [3.63, 3.8) is 0 Å². The molecule has 0 saturated carbocycles. The van der Waals surface area contributed by atoms with Gasteiger partial charge >= 0.3 is 0 Å². The Balaban J connectivity index is 1.25. The van der Waals surface area contributed by atoms with Crippen LogP contribution in [0.25, 0.3) is 11.3 Å². The van der Waals surface area contributed by atoms with Crippen LogP contribution >= 0.6 is 0 Å². The number of aromatic nitrogens is 2.